The highest BCUT2D eigenvalue weighted by molar-refractivity contribution is 5.97. The van der Waals surface area contributed by atoms with E-state index < -0.39 is 0 Å². The Bertz CT molecular complexity index is 798. The van der Waals surface area contributed by atoms with E-state index in [1.54, 1.807) is 18.0 Å². The molecule has 0 aliphatic carbocycles. The summed E-state index contributed by atoms with van der Waals surface area (Å²) in [6.07, 6.45) is 11.9. The smallest absolute Gasteiger partial charge is 0.259 e. The van der Waals surface area contributed by atoms with Crippen molar-refractivity contribution >= 4 is 5.91 Å². The molecule has 0 bridgehead atoms. The number of aryl methyl sites for hydroxylation is 1. The lowest BCUT2D eigenvalue weighted by molar-refractivity contribution is 0.0315. The topological polar surface area (TPSA) is 55.5 Å². The van der Waals surface area contributed by atoms with Crippen molar-refractivity contribution in [3.63, 3.8) is 0 Å². The average molecular weight is 400 g/mol. The Morgan fingerprint density at radius 3 is 2.79 bits per heavy atom. The second-order valence-corrected chi connectivity index (χ2v) is 8.34. The van der Waals surface area contributed by atoms with E-state index in [9.17, 15) is 4.79 Å². The van der Waals surface area contributed by atoms with Gasteiger partial charge < -0.3 is 19.1 Å². The molecule has 29 heavy (non-hydrogen) atoms. The van der Waals surface area contributed by atoms with Gasteiger partial charge in [-0.05, 0) is 56.8 Å². The molecule has 0 aromatic carbocycles. The summed E-state index contributed by atoms with van der Waals surface area (Å²) in [6.45, 7) is 4.38. The van der Waals surface area contributed by atoms with Crippen LogP contribution in [0.25, 0.3) is 5.82 Å². The fraction of sp³-hybridized carbons (Fsp3) is 0.636. The van der Waals surface area contributed by atoms with E-state index in [-0.39, 0.29) is 5.91 Å². The average Bonchev–Trinajstić information content (AvgIpc) is 3.40. The summed E-state index contributed by atoms with van der Waals surface area (Å²) in [5, 5.41) is 4.38. The summed E-state index contributed by atoms with van der Waals surface area (Å²) < 4.78 is 9.06. The van der Waals surface area contributed by atoms with Crippen LogP contribution in [-0.4, -0.2) is 76.0 Å². The molecule has 7 heteroatoms. The van der Waals surface area contributed by atoms with Gasteiger partial charge in [0.15, 0.2) is 0 Å². The van der Waals surface area contributed by atoms with Crippen molar-refractivity contribution in [2.75, 3.05) is 39.9 Å². The highest BCUT2D eigenvalue weighted by Gasteiger charge is 2.35. The largest absolute Gasteiger partial charge is 0.383 e. The molecule has 4 heterocycles. The van der Waals surface area contributed by atoms with Crippen LogP contribution < -0.4 is 0 Å². The number of amides is 1. The molecule has 158 valence electrons. The third-order valence-corrected chi connectivity index (χ3v) is 6.52. The predicted octanol–water partition coefficient (Wildman–Crippen LogP) is 2.56. The maximum Gasteiger partial charge on any atom is 0.259 e. The number of carbonyl (C=O) groups excluding carboxylic acids is 1. The molecule has 2 aromatic heterocycles. The molecular weight excluding hydrogens is 366 g/mol. The first-order valence-electron chi connectivity index (χ1n) is 10.9. The van der Waals surface area contributed by atoms with Crippen molar-refractivity contribution < 1.29 is 9.53 Å². The third kappa shape index (κ3) is 4.26. The van der Waals surface area contributed by atoms with Gasteiger partial charge in [-0.2, -0.15) is 5.10 Å². The summed E-state index contributed by atoms with van der Waals surface area (Å²) in [7, 11) is 3.58. The SMILES string of the molecule is COCCN(C[C@H]1CCCN2CCCC[C@H]12)C(=O)c1cnn(C)c1-n1cccc1. The maximum atomic E-state index is 13.6. The van der Waals surface area contributed by atoms with Crippen molar-refractivity contribution in [1.82, 2.24) is 24.1 Å². The predicted molar refractivity (Wildman–Crippen MR) is 112 cm³/mol. The molecule has 0 unspecified atom stereocenters. The lowest BCUT2D eigenvalue weighted by atomic mass is 9.83. The van der Waals surface area contributed by atoms with Gasteiger partial charge in [0.2, 0.25) is 0 Å². The normalized spacial score (nSPS) is 22.4. The van der Waals surface area contributed by atoms with E-state index in [2.05, 4.69) is 10.00 Å². The van der Waals surface area contributed by atoms with Gasteiger partial charge in [0.05, 0.1) is 12.8 Å². The molecule has 2 saturated heterocycles. The van der Waals surface area contributed by atoms with Crippen molar-refractivity contribution in [3.05, 3.63) is 36.3 Å². The second kappa shape index (κ2) is 9.13. The van der Waals surface area contributed by atoms with Crippen LogP contribution in [0.2, 0.25) is 0 Å². The van der Waals surface area contributed by atoms with E-state index in [4.69, 9.17) is 4.74 Å². The second-order valence-electron chi connectivity index (χ2n) is 8.34. The van der Waals surface area contributed by atoms with Crippen LogP contribution in [0.1, 0.15) is 42.5 Å². The zero-order chi connectivity index (χ0) is 20.2. The number of hydrogen-bond acceptors (Lipinski definition) is 4. The Kier molecular flexibility index (Phi) is 6.35. The van der Waals surface area contributed by atoms with Crippen LogP contribution in [0, 0.1) is 5.92 Å². The number of hydrogen-bond donors (Lipinski definition) is 0. The van der Waals surface area contributed by atoms with Gasteiger partial charge in [-0.3, -0.25) is 9.48 Å². The minimum absolute atomic E-state index is 0.0479. The first-order chi connectivity index (χ1) is 14.2. The maximum absolute atomic E-state index is 13.6. The Labute approximate surface area is 173 Å². The molecule has 2 fully saturated rings. The summed E-state index contributed by atoms with van der Waals surface area (Å²) in [4.78, 5) is 18.3. The van der Waals surface area contributed by atoms with E-state index in [0.717, 1.165) is 12.4 Å². The molecule has 2 aliphatic rings. The summed E-state index contributed by atoms with van der Waals surface area (Å²) in [6, 6.07) is 4.54. The standard InChI is InChI=1S/C22H33N5O2/c1-24-21(26-11-5-6-12-26)19(16-23-24)22(28)27(14-15-29-2)17-18-8-7-13-25-10-4-3-9-20(18)25/h5-6,11-12,16,18,20H,3-4,7-10,13-15,17H2,1-2H3/t18-,20-/m1/s1. The summed E-state index contributed by atoms with van der Waals surface area (Å²) in [5.74, 6) is 1.40. The van der Waals surface area contributed by atoms with Crippen molar-refractivity contribution in [2.45, 2.75) is 38.1 Å². The Balaban J connectivity index is 1.56. The third-order valence-electron chi connectivity index (χ3n) is 6.52. The van der Waals surface area contributed by atoms with Gasteiger partial charge in [-0.25, -0.2) is 0 Å². The molecule has 4 rings (SSSR count). The molecule has 2 aliphatic heterocycles. The summed E-state index contributed by atoms with van der Waals surface area (Å²) >= 11 is 0. The molecule has 0 saturated carbocycles. The van der Waals surface area contributed by atoms with E-state index >= 15 is 0 Å². The number of carbonyl (C=O) groups is 1. The van der Waals surface area contributed by atoms with Crippen LogP contribution in [-0.2, 0) is 11.8 Å². The zero-order valence-electron chi connectivity index (χ0n) is 17.7. The van der Waals surface area contributed by atoms with Gasteiger partial charge in [-0.15, -0.1) is 0 Å². The number of fused-ring (bicyclic) bond motifs is 1. The first kappa shape index (κ1) is 20.2. The highest BCUT2D eigenvalue weighted by atomic mass is 16.5. The van der Waals surface area contributed by atoms with Crippen LogP contribution in [0.15, 0.2) is 30.7 Å². The molecule has 0 spiro atoms. The number of piperidine rings is 2. The van der Waals surface area contributed by atoms with Crippen LogP contribution in [0.4, 0.5) is 0 Å². The fourth-order valence-electron chi connectivity index (χ4n) is 5.08. The number of nitrogens with zero attached hydrogens (tertiary/aromatic N) is 5. The Morgan fingerprint density at radius 1 is 1.21 bits per heavy atom. The van der Waals surface area contributed by atoms with Gasteiger partial charge in [-0.1, -0.05) is 6.42 Å². The molecule has 2 atom stereocenters. The van der Waals surface area contributed by atoms with Crippen molar-refractivity contribution in [2.24, 2.45) is 13.0 Å². The minimum Gasteiger partial charge on any atom is -0.383 e. The number of rotatable bonds is 7. The van der Waals surface area contributed by atoms with E-state index in [0.29, 0.717) is 30.7 Å². The van der Waals surface area contributed by atoms with Crippen LogP contribution in [0.5, 0.6) is 0 Å². The summed E-state index contributed by atoms with van der Waals surface area (Å²) in [5.41, 5.74) is 0.649. The molecule has 7 nitrogen and oxygen atoms in total. The number of methoxy groups -OCH3 is 1. The monoisotopic (exact) mass is 399 g/mol. The first-order valence-corrected chi connectivity index (χ1v) is 10.9. The molecule has 2 aromatic rings. The van der Waals surface area contributed by atoms with Gasteiger partial charge >= 0.3 is 0 Å². The Morgan fingerprint density at radius 2 is 2.00 bits per heavy atom. The van der Waals surface area contributed by atoms with Gasteiger partial charge in [0, 0.05) is 45.7 Å². The van der Waals surface area contributed by atoms with Gasteiger partial charge in [0.25, 0.3) is 5.91 Å². The molecule has 1 amide bonds. The molecular formula is C22H33N5O2. The number of aromatic nitrogens is 3. The van der Waals surface area contributed by atoms with Crippen molar-refractivity contribution in [3.8, 4) is 5.82 Å². The fourth-order valence-corrected chi connectivity index (χ4v) is 5.08. The number of ether oxygens (including phenoxy) is 1. The van der Waals surface area contributed by atoms with Crippen LogP contribution >= 0.6 is 0 Å². The Hall–Kier alpha value is -2.12. The zero-order valence-corrected chi connectivity index (χ0v) is 17.7. The highest BCUT2D eigenvalue weighted by Crippen LogP contribution is 2.32. The lowest BCUT2D eigenvalue weighted by Crippen LogP contribution is -2.52. The molecule has 0 N–H and O–H groups in total. The lowest BCUT2D eigenvalue weighted by Gasteiger charge is -2.45. The van der Waals surface area contributed by atoms with Crippen LogP contribution in [0.3, 0.4) is 0 Å². The minimum atomic E-state index is 0.0479. The quantitative estimate of drug-likeness (QED) is 0.718. The van der Waals surface area contributed by atoms with Gasteiger partial charge in [0.1, 0.15) is 11.4 Å². The van der Waals surface area contributed by atoms with E-state index in [1.807, 2.05) is 41.0 Å². The molecule has 0 radical (unpaired) electrons. The van der Waals surface area contributed by atoms with Crippen molar-refractivity contribution in [1.29, 1.82) is 0 Å². The van der Waals surface area contributed by atoms with E-state index in [1.165, 1.54) is 45.2 Å².